The van der Waals surface area contributed by atoms with E-state index in [0.29, 0.717) is 36.5 Å². The summed E-state index contributed by atoms with van der Waals surface area (Å²) in [5, 5.41) is 9.63. The lowest BCUT2D eigenvalue weighted by molar-refractivity contribution is -0.153. The second-order valence-electron chi connectivity index (χ2n) is 9.45. The Morgan fingerprint density at radius 3 is 2.69 bits per heavy atom. The third-order valence-electron chi connectivity index (χ3n) is 7.35. The molecule has 2 amide bonds. The monoisotopic (exact) mass is 598 g/mol. The number of hydrogen-bond donors (Lipinski definition) is 1. The number of aliphatic hydroxyl groups excluding tert-OH is 1. The molecular formula is C26H32BrClN2O5S. The van der Waals surface area contributed by atoms with Crippen LogP contribution in [0.2, 0.25) is 5.02 Å². The number of halogens is 2. The first-order valence-electron chi connectivity index (χ1n) is 12.4. The third-order valence-corrected chi connectivity index (χ3v) is 10.8. The van der Waals surface area contributed by atoms with Gasteiger partial charge in [-0.3, -0.25) is 14.4 Å². The van der Waals surface area contributed by atoms with Crippen LogP contribution >= 0.6 is 39.3 Å². The lowest BCUT2D eigenvalue weighted by Gasteiger charge is -2.37. The number of rotatable bonds is 11. The van der Waals surface area contributed by atoms with Crippen molar-refractivity contribution in [1.29, 1.82) is 0 Å². The van der Waals surface area contributed by atoms with E-state index in [0.717, 1.165) is 6.42 Å². The molecule has 0 saturated carbocycles. The summed E-state index contributed by atoms with van der Waals surface area (Å²) >= 11 is 11.4. The Bertz CT molecular complexity index is 1010. The van der Waals surface area contributed by atoms with Gasteiger partial charge in [-0.15, -0.1) is 18.3 Å². The highest BCUT2D eigenvalue weighted by Crippen LogP contribution is 2.68. The van der Waals surface area contributed by atoms with Crippen molar-refractivity contribution in [3.8, 4) is 0 Å². The fraction of sp³-hybridized carbons (Fsp3) is 0.577. The topological polar surface area (TPSA) is 87.2 Å². The predicted molar refractivity (Wildman–Crippen MR) is 145 cm³/mol. The number of alkyl halides is 1. The van der Waals surface area contributed by atoms with Gasteiger partial charge in [0.2, 0.25) is 5.91 Å². The van der Waals surface area contributed by atoms with Crippen molar-refractivity contribution in [2.45, 2.75) is 53.5 Å². The van der Waals surface area contributed by atoms with Crippen LogP contribution in [0.25, 0.3) is 0 Å². The van der Waals surface area contributed by atoms with Crippen LogP contribution in [0.4, 0.5) is 5.69 Å². The fourth-order valence-electron chi connectivity index (χ4n) is 5.95. The van der Waals surface area contributed by atoms with Crippen molar-refractivity contribution < 1.29 is 24.2 Å². The molecule has 3 heterocycles. The summed E-state index contributed by atoms with van der Waals surface area (Å²) in [6.45, 7) is 6.59. The Hall–Kier alpha value is -1.55. The Morgan fingerprint density at radius 1 is 1.33 bits per heavy atom. The maximum Gasteiger partial charge on any atom is 0.310 e. The molecule has 1 spiro atoms. The van der Waals surface area contributed by atoms with Gasteiger partial charge >= 0.3 is 5.97 Å². The van der Waals surface area contributed by atoms with E-state index < -0.39 is 22.6 Å². The highest BCUT2D eigenvalue weighted by atomic mass is 79.9. The van der Waals surface area contributed by atoms with Gasteiger partial charge in [0, 0.05) is 40.5 Å². The van der Waals surface area contributed by atoms with Gasteiger partial charge in [0.25, 0.3) is 5.91 Å². The molecule has 0 aromatic heterocycles. The number of esters is 1. The summed E-state index contributed by atoms with van der Waals surface area (Å²) in [5.74, 6) is -1.91. The molecular weight excluding hydrogens is 568 g/mol. The van der Waals surface area contributed by atoms with E-state index in [-0.39, 0.29) is 47.6 Å². The number of carbonyl (C=O) groups excluding carboxylic acids is 3. The minimum atomic E-state index is -0.729. The zero-order valence-electron chi connectivity index (χ0n) is 20.3. The summed E-state index contributed by atoms with van der Waals surface area (Å²) in [6, 6.07) is 6.31. The number of unbranched alkanes of at least 4 members (excludes halogenated alkanes) is 2. The molecule has 3 unspecified atom stereocenters. The van der Waals surface area contributed by atoms with E-state index in [1.54, 1.807) is 58.8 Å². The van der Waals surface area contributed by atoms with Gasteiger partial charge in [0.05, 0.1) is 23.2 Å². The number of hydrogen-bond acceptors (Lipinski definition) is 6. The molecule has 10 heteroatoms. The van der Waals surface area contributed by atoms with E-state index >= 15 is 0 Å². The minimum Gasteiger partial charge on any atom is -0.466 e. The molecule has 3 aliphatic heterocycles. The number of nitrogens with zero attached hydrogens (tertiary/aromatic N) is 2. The lowest BCUT2D eigenvalue weighted by Crippen LogP contribution is -2.55. The molecule has 3 aliphatic rings. The first-order chi connectivity index (χ1) is 17.3. The summed E-state index contributed by atoms with van der Waals surface area (Å²) in [6.07, 6.45) is 4.31. The molecule has 7 nitrogen and oxygen atoms in total. The van der Waals surface area contributed by atoms with Gasteiger partial charge in [0.15, 0.2) is 0 Å². The van der Waals surface area contributed by atoms with Crippen molar-refractivity contribution in [2.75, 3.05) is 31.2 Å². The van der Waals surface area contributed by atoms with Crippen LogP contribution in [0, 0.1) is 11.8 Å². The van der Waals surface area contributed by atoms with Crippen molar-refractivity contribution in [1.82, 2.24) is 4.90 Å². The Morgan fingerprint density at radius 2 is 2.06 bits per heavy atom. The van der Waals surface area contributed by atoms with Gasteiger partial charge < -0.3 is 19.6 Å². The number of carbonyl (C=O) groups is 3. The molecule has 0 radical (unpaired) electrons. The average Bonchev–Trinajstić information content (AvgIpc) is 3.44. The van der Waals surface area contributed by atoms with Gasteiger partial charge in [0.1, 0.15) is 6.04 Å². The van der Waals surface area contributed by atoms with E-state index in [9.17, 15) is 19.5 Å². The first-order valence-corrected chi connectivity index (χ1v) is 14.6. The number of benzene rings is 1. The molecule has 196 valence electrons. The van der Waals surface area contributed by atoms with Crippen molar-refractivity contribution in [2.24, 2.45) is 11.8 Å². The molecule has 3 saturated heterocycles. The predicted octanol–water partition coefficient (Wildman–Crippen LogP) is 4.05. The number of fused-ring (bicyclic) bond motifs is 1. The molecule has 1 aromatic carbocycles. The minimum absolute atomic E-state index is 0.00557. The largest absolute Gasteiger partial charge is 0.466 e. The molecule has 1 N–H and O–H groups in total. The number of aliphatic hydroxyl groups is 1. The normalized spacial score (nSPS) is 30.4. The number of ether oxygens (including phenoxy) is 1. The summed E-state index contributed by atoms with van der Waals surface area (Å²) in [4.78, 5) is 44.7. The van der Waals surface area contributed by atoms with Crippen LogP contribution < -0.4 is 4.90 Å². The number of anilines is 1. The summed E-state index contributed by atoms with van der Waals surface area (Å²) < 4.78 is 4.67. The maximum absolute atomic E-state index is 14.4. The summed E-state index contributed by atoms with van der Waals surface area (Å²) in [7, 11) is 0. The Balaban J connectivity index is 1.75. The molecule has 0 aliphatic carbocycles. The number of likely N-dealkylation sites (tertiary alicyclic amines) is 1. The SMILES string of the molecule is C=CCN(C(=O)C1N(CCCCCO)C(=O)[C@@H]2[C@H](C(=O)OCC)[C@H]3SC12CC3Br)c1ccc(Cl)cc1. The van der Waals surface area contributed by atoms with E-state index in [2.05, 4.69) is 22.5 Å². The molecule has 3 fully saturated rings. The van der Waals surface area contributed by atoms with Crippen molar-refractivity contribution in [3.05, 3.63) is 41.9 Å². The Kier molecular flexibility index (Phi) is 8.75. The molecule has 6 atom stereocenters. The van der Waals surface area contributed by atoms with Crippen LogP contribution in [0.1, 0.15) is 32.6 Å². The second-order valence-corrected chi connectivity index (χ2v) is 12.6. The van der Waals surface area contributed by atoms with Crippen LogP contribution in [0.5, 0.6) is 0 Å². The van der Waals surface area contributed by atoms with E-state index in [4.69, 9.17) is 16.3 Å². The maximum atomic E-state index is 14.4. The third kappa shape index (κ3) is 4.72. The Labute approximate surface area is 229 Å². The standard InChI is InChI=1S/C26H32BrClN2O5S/c1-3-12-29(17-10-8-16(28)9-11-17)24(33)22-26-15-18(27)21(36-26)19(25(34)35-4-2)20(26)23(32)30(22)13-6-5-7-14-31/h3,8-11,18-22,31H,1,4-7,12-15H2,2H3/t18?,19-,20-,21-,22?,26?/m0/s1. The number of amides is 2. The summed E-state index contributed by atoms with van der Waals surface area (Å²) in [5.41, 5.74) is 0.673. The average molecular weight is 600 g/mol. The van der Waals surface area contributed by atoms with Crippen LogP contribution in [-0.4, -0.2) is 75.0 Å². The lowest BCUT2D eigenvalue weighted by atomic mass is 9.71. The van der Waals surface area contributed by atoms with E-state index in [1.807, 2.05) is 0 Å². The zero-order chi connectivity index (χ0) is 26.0. The highest BCUT2D eigenvalue weighted by molar-refractivity contribution is 9.09. The van der Waals surface area contributed by atoms with Gasteiger partial charge in [-0.1, -0.05) is 33.6 Å². The second kappa shape index (κ2) is 11.5. The molecule has 36 heavy (non-hydrogen) atoms. The van der Waals surface area contributed by atoms with Crippen molar-refractivity contribution >= 4 is 62.8 Å². The fourth-order valence-corrected chi connectivity index (χ4v) is 9.67. The highest BCUT2D eigenvalue weighted by Gasteiger charge is 2.76. The smallest absolute Gasteiger partial charge is 0.310 e. The van der Waals surface area contributed by atoms with Gasteiger partial charge in [-0.25, -0.2) is 0 Å². The van der Waals surface area contributed by atoms with Crippen LogP contribution in [0.3, 0.4) is 0 Å². The van der Waals surface area contributed by atoms with Crippen molar-refractivity contribution in [3.63, 3.8) is 0 Å². The van der Waals surface area contributed by atoms with Gasteiger partial charge in [-0.2, -0.15) is 0 Å². The number of thioether (sulfide) groups is 1. The van der Waals surface area contributed by atoms with Crippen LogP contribution in [0.15, 0.2) is 36.9 Å². The molecule has 1 aromatic rings. The molecule has 2 bridgehead atoms. The molecule has 4 rings (SSSR count). The van der Waals surface area contributed by atoms with E-state index in [1.165, 1.54) is 0 Å². The van der Waals surface area contributed by atoms with Crippen LogP contribution in [-0.2, 0) is 19.1 Å². The van der Waals surface area contributed by atoms with Gasteiger partial charge in [-0.05, 0) is 56.9 Å². The first kappa shape index (κ1) is 27.5. The zero-order valence-corrected chi connectivity index (χ0v) is 23.4. The quantitative estimate of drug-likeness (QED) is 0.179.